The summed E-state index contributed by atoms with van der Waals surface area (Å²) in [6.45, 7) is 5.85. The van der Waals surface area contributed by atoms with E-state index in [9.17, 15) is 0 Å². The third-order valence-electron chi connectivity index (χ3n) is 4.49. The molecule has 98 valence electrons. The van der Waals surface area contributed by atoms with E-state index in [1.807, 2.05) is 0 Å². The number of fused-ring (bicyclic) bond motifs is 1. The van der Waals surface area contributed by atoms with Crippen molar-refractivity contribution in [2.75, 3.05) is 19.6 Å². The summed E-state index contributed by atoms with van der Waals surface area (Å²) in [4.78, 5) is 2.72. The summed E-state index contributed by atoms with van der Waals surface area (Å²) in [5.41, 5.74) is 3.15. The highest BCUT2D eigenvalue weighted by Crippen LogP contribution is 2.27. The van der Waals surface area contributed by atoms with Crippen molar-refractivity contribution >= 4 is 0 Å². The minimum atomic E-state index is 0.715. The highest BCUT2D eigenvalue weighted by atomic mass is 15.2. The second-order valence-corrected chi connectivity index (χ2v) is 5.72. The quantitative estimate of drug-likeness (QED) is 0.877. The van der Waals surface area contributed by atoms with Crippen molar-refractivity contribution in [2.24, 2.45) is 0 Å². The lowest BCUT2D eigenvalue weighted by Crippen LogP contribution is -2.49. The first-order chi connectivity index (χ1) is 8.86. The number of hydrogen-bond acceptors (Lipinski definition) is 2. The van der Waals surface area contributed by atoms with Gasteiger partial charge in [0.1, 0.15) is 0 Å². The number of rotatable bonds is 3. The van der Waals surface area contributed by atoms with Gasteiger partial charge in [0.25, 0.3) is 0 Å². The van der Waals surface area contributed by atoms with E-state index in [2.05, 4.69) is 41.4 Å². The van der Waals surface area contributed by atoms with E-state index >= 15 is 0 Å². The van der Waals surface area contributed by atoms with E-state index in [1.54, 1.807) is 11.1 Å². The Hall–Kier alpha value is -0.860. The second-order valence-electron chi connectivity index (χ2n) is 5.72. The standard InChI is InChI=1S/C16H24N2/c1-2-17-15-8-5-9-18(12-15)16-10-13-6-3-4-7-14(13)11-16/h3-4,6-7,15-17H,2,5,8-12H2,1H3. The molecule has 1 saturated heterocycles. The number of nitrogens with one attached hydrogen (secondary N) is 1. The zero-order chi connectivity index (χ0) is 12.4. The van der Waals surface area contributed by atoms with E-state index in [0.717, 1.165) is 12.6 Å². The maximum atomic E-state index is 3.62. The highest BCUT2D eigenvalue weighted by molar-refractivity contribution is 5.33. The minimum Gasteiger partial charge on any atom is -0.313 e. The van der Waals surface area contributed by atoms with E-state index in [1.165, 1.54) is 38.8 Å². The van der Waals surface area contributed by atoms with Crippen LogP contribution in [0.25, 0.3) is 0 Å². The van der Waals surface area contributed by atoms with Gasteiger partial charge in [0.05, 0.1) is 0 Å². The zero-order valence-corrected chi connectivity index (χ0v) is 11.4. The maximum Gasteiger partial charge on any atom is 0.0195 e. The Morgan fingerprint density at radius 3 is 2.61 bits per heavy atom. The molecule has 1 N–H and O–H groups in total. The van der Waals surface area contributed by atoms with Crippen LogP contribution < -0.4 is 5.32 Å². The molecule has 1 aromatic rings. The molecule has 1 aromatic carbocycles. The fourth-order valence-corrected chi connectivity index (χ4v) is 3.59. The van der Waals surface area contributed by atoms with E-state index in [4.69, 9.17) is 0 Å². The van der Waals surface area contributed by atoms with Crippen LogP contribution in [0.5, 0.6) is 0 Å². The predicted octanol–water partition coefficient (Wildman–Crippen LogP) is 2.23. The summed E-state index contributed by atoms with van der Waals surface area (Å²) in [5.74, 6) is 0. The first-order valence-electron chi connectivity index (χ1n) is 7.41. The van der Waals surface area contributed by atoms with Crippen LogP contribution in [0.1, 0.15) is 30.9 Å². The van der Waals surface area contributed by atoms with Crippen LogP contribution in [-0.4, -0.2) is 36.6 Å². The highest BCUT2D eigenvalue weighted by Gasteiger charge is 2.29. The molecule has 0 bridgehead atoms. The molecule has 1 fully saturated rings. The van der Waals surface area contributed by atoms with Crippen molar-refractivity contribution < 1.29 is 0 Å². The number of nitrogens with zero attached hydrogens (tertiary/aromatic N) is 1. The van der Waals surface area contributed by atoms with Gasteiger partial charge in [-0.25, -0.2) is 0 Å². The Kier molecular flexibility index (Phi) is 3.67. The van der Waals surface area contributed by atoms with E-state index < -0.39 is 0 Å². The molecule has 2 heteroatoms. The molecule has 1 atom stereocenters. The summed E-state index contributed by atoms with van der Waals surface area (Å²) >= 11 is 0. The van der Waals surface area contributed by atoms with Gasteiger partial charge in [-0.15, -0.1) is 0 Å². The number of benzene rings is 1. The van der Waals surface area contributed by atoms with Crippen LogP contribution in [0.3, 0.4) is 0 Å². The number of likely N-dealkylation sites (N-methyl/N-ethyl adjacent to an activating group) is 1. The molecule has 0 spiro atoms. The van der Waals surface area contributed by atoms with Crippen LogP contribution in [0.2, 0.25) is 0 Å². The Bertz CT molecular complexity index is 375. The molecule has 2 nitrogen and oxygen atoms in total. The normalized spacial score (nSPS) is 25.3. The summed E-state index contributed by atoms with van der Waals surface area (Å²) in [7, 11) is 0. The molecule has 1 unspecified atom stereocenters. The van der Waals surface area contributed by atoms with Gasteiger partial charge in [-0.1, -0.05) is 31.2 Å². The molecule has 18 heavy (non-hydrogen) atoms. The minimum absolute atomic E-state index is 0.715. The van der Waals surface area contributed by atoms with Crippen molar-refractivity contribution in [1.82, 2.24) is 10.2 Å². The Morgan fingerprint density at radius 1 is 1.22 bits per heavy atom. The summed E-state index contributed by atoms with van der Waals surface area (Å²) in [6, 6.07) is 10.4. The summed E-state index contributed by atoms with van der Waals surface area (Å²) in [6.07, 6.45) is 5.22. The van der Waals surface area contributed by atoms with Crippen LogP contribution in [0.4, 0.5) is 0 Å². The van der Waals surface area contributed by atoms with Gasteiger partial charge < -0.3 is 5.32 Å². The lowest BCUT2D eigenvalue weighted by atomic mass is 10.0. The number of hydrogen-bond donors (Lipinski definition) is 1. The monoisotopic (exact) mass is 244 g/mol. The second kappa shape index (κ2) is 5.41. The van der Waals surface area contributed by atoms with Crippen molar-refractivity contribution in [2.45, 2.75) is 44.7 Å². The lowest BCUT2D eigenvalue weighted by molar-refractivity contribution is 0.141. The summed E-state index contributed by atoms with van der Waals surface area (Å²) in [5, 5.41) is 3.62. The first kappa shape index (κ1) is 12.2. The fourth-order valence-electron chi connectivity index (χ4n) is 3.59. The van der Waals surface area contributed by atoms with Gasteiger partial charge in [-0.2, -0.15) is 0 Å². The SMILES string of the molecule is CCNC1CCCN(C2Cc3ccccc3C2)C1. The first-order valence-corrected chi connectivity index (χ1v) is 7.41. The third kappa shape index (κ3) is 2.45. The van der Waals surface area contributed by atoms with Gasteiger partial charge in [-0.3, -0.25) is 4.90 Å². The molecule has 1 heterocycles. The number of likely N-dealkylation sites (tertiary alicyclic amines) is 1. The molecule has 2 aliphatic rings. The van der Waals surface area contributed by atoms with E-state index in [-0.39, 0.29) is 0 Å². The van der Waals surface area contributed by atoms with Crippen LogP contribution in [0, 0.1) is 0 Å². The van der Waals surface area contributed by atoms with Gasteiger partial charge in [0, 0.05) is 18.6 Å². The molecule has 1 aliphatic carbocycles. The van der Waals surface area contributed by atoms with Crippen molar-refractivity contribution in [3.63, 3.8) is 0 Å². The average molecular weight is 244 g/mol. The van der Waals surface area contributed by atoms with Gasteiger partial charge in [0.2, 0.25) is 0 Å². The van der Waals surface area contributed by atoms with Crippen molar-refractivity contribution in [3.05, 3.63) is 35.4 Å². The Balaban J connectivity index is 1.63. The Labute approximate surface area is 110 Å². The summed E-state index contributed by atoms with van der Waals surface area (Å²) < 4.78 is 0. The van der Waals surface area contributed by atoms with Gasteiger partial charge in [-0.05, 0) is 49.9 Å². The van der Waals surface area contributed by atoms with Crippen LogP contribution in [0.15, 0.2) is 24.3 Å². The molecule has 0 aromatic heterocycles. The topological polar surface area (TPSA) is 15.3 Å². The fraction of sp³-hybridized carbons (Fsp3) is 0.625. The van der Waals surface area contributed by atoms with Crippen molar-refractivity contribution in [3.8, 4) is 0 Å². The number of piperidine rings is 1. The third-order valence-corrected chi connectivity index (χ3v) is 4.49. The average Bonchev–Trinajstić information content (AvgIpc) is 2.83. The molecule has 0 amide bonds. The maximum absolute atomic E-state index is 3.62. The lowest BCUT2D eigenvalue weighted by Gasteiger charge is -2.37. The van der Waals surface area contributed by atoms with Crippen LogP contribution in [-0.2, 0) is 12.8 Å². The molecular weight excluding hydrogens is 220 g/mol. The predicted molar refractivity (Wildman–Crippen MR) is 75.9 cm³/mol. The zero-order valence-electron chi connectivity index (χ0n) is 11.4. The molecule has 0 saturated carbocycles. The van der Waals surface area contributed by atoms with E-state index in [0.29, 0.717) is 6.04 Å². The largest absolute Gasteiger partial charge is 0.313 e. The molecule has 1 aliphatic heterocycles. The smallest absolute Gasteiger partial charge is 0.0195 e. The molecule has 3 rings (SSSR count). The molecular formula is C16H24N2. The Morgan fingerprint density at radius 2 is 1.94 bits per heavy atom. The van der Waals surface area contributed by atoms with Crippen LogP contribution >= 0.6 is 0 Å². The van der Waals surface area contributed by atoms with Crippen molar-refractivity contribution in [1.29, 1.82) is 0 Å². The van der Waals surface area contributed by atoms with Gasteiger partial charge >= 0.3 is 0 Å². The van der Waals surface area contributed by atoms with Gasteiger partial charge in [0.15, 0.2) is 0 Å². The molecule has 0 radical (unpaired) electrons.